The number of rotatable bonds is 11. The minimum atomic E-state index is -0.516. The zero-order valence-corrected chi connectivity index (χ0v) is 49.5. The van der Waals surface area contributed by atoms with Crippen LogP contribution in [0.15, 0.2) is 120 Å². The van der Waals surface area contributed by atoms with Crippen molar-refractivity contribution >= 4 is 92.8 Å². The molecule has 2 atom stereocenters. The number of aryl methyl sites for hydroxylation is 2. The van der Waals surface area contributed by atoms with Crippen molar-refractivity contribution in [3.63, 3.8) is 0 Å². The van der Waals surface area contributed by atoms with Crippen molar-refractivity contribution in [2.24, 2.45) is 0 Å². The van der Waals surface area contributed by atoms with Crippen molar-refractivity contribution in [2.45, 2.75) is 39.8 Å². The third-order valence-electron chi connectivity index (χ3n) is 14.4. The van der Waals surface area contributed by atoms with Crippen LogP contribution in [0, 0.1) is 25.5 Å². The molecule has 2 unspecified atom stereocenters. The highest BCUT2D eigenvalue weighted by Crippen LogP contribution is 2.45. The van der Waals surface area contributed by atoms with Crippen molar-refractivity contribution < 1.29 is 18.4 Å². The summed E-state index contributed by atoms with van der Waals surface area (Å²) in [4.78, 5) is 42.7. The molecule has 0 aliphatic carbocycles. The predicted octanol–water partition coefficient (Wildman–Crippen LogP) is 11.3. The maximum atomic E-state index is 14.4. The number of halogens is 7. The quantitative estimate of drug-likeness (QED) is 0.126. The van der Waals surface area contributed by atoms with Gasteiger partial charge < -0.3 is 39.6 Å². The van der Waals surface area contributed by atoms with Gasteiger partial charge in [-0.3, -0.25) is 9.59 Å². The molecule has 4 aliphatic heterocycles. The summed E-state index contributed by atoms with van der Waals surface area (Å²) in [7, 11) is 8.07. The Morgan fingerprint density at radius 2 is 1.04 bits per heavy atom. The molecule has 0 spiro atoms. The summed E-state index contributed by atoms with van der Waals surface area (Å²) in [6, 6.07) is 26.9. The Hall–Kier alpha value is -5.85. The van der Waals surface area contributed by atoms with Crippen LogP contribution in [-0.2, 0) is 9.59 Å². The van der Waals surface area contributed by atoms with Crippen molar-refractivity contribution in [3.05, 3.63) is 174 Å². The number of nitrogens with zero attached hydrogens (tertiary/aromatic N) is 11. The summed E-state index contributed by atoms with van der Waals surface area (Å²) in [6.07, 6.45) is 0. The molecule has 6 heterocycles. The average molecular weight is 1180 g/mol. The van der Waals surface area contributed by atoms with Crippen LogP contribution in [0.25, 0.3) is 0 Å². The molecule has 420 valence electrons. The molecule has 4 aromatic carbocycles. The van der Waals surface area contributed by atoms with E-state index in [1.54, 1.807) is 36.4 Å². The number of piperazine rings is 2. The summed E-state index contributed by atoms with van der Waals surface area (Å²) in [5.41, 5.74) is 7.95. The molecular formula is C58H67Cl5F2N12O2. The van der Waals surface area contributed by atoms with E-state index in [0.717, 1.165) is 75.9 Å². The number of carbonyl (C=O) groups excluding carboxylic acids is 2. The summed E-state index contributed by atoms with van der Waals surface area (Å²) in [5, 5.41) is 14.5. The van der Waals surface area contributed by atoms with E-state index in [1.165, 1.54) is 24.3 Å². The van der Waals surface area contributed by atoms with Crippen molar-refractivity contribution in [1.29, 1.82) is 0 Å². The lowest BCUT2D eigenvalue weighted by Crippen LogP contribution is -2.51. The topological polar surface area (TPSA) is 104 Å². The van der Waals surface area contributed by atoms with Gasteiger partial charge in [0.2, 0.25) is 0 Å². The number of carbonyl (C=O) groups is 2. The van der Waals surface area contributed by atoms with E-state index in [-0.39, 0.29) is 23.4 Å². The third-order valence-corrected chi connectivity index (χ3v) is 16.2. The van der Waals surface area contributed by atoms with Crippen LogP contribution in [0.1, 0.15) is 48.4 Å². The number of likely N-dealkylation sites (N-methyl/N-ethyl adjacent to an activating group) is 1. The van der Waals surface area contributed by atoms with Gasteiger partial charge in [0.15, 0.2) is 0 Å². The highest BCUT2D eigenvalue weighted by molar-refractivity contribution is 6.43. The fourth-order valence-corrected chi connectivity index (χ4v) is 11.4. The summed E-state index contributed by atoms with van der Waals surface area (Å²) < 4.78 is 30.4. The van der Waals surface area contributed by atoms with Gasteiger partial charge in [0.05, 0.1) is 42.6 Å². The van der Waals surface area contributed by atoms with Gasteiger partial charge in [-0.15, -0.1) is 11.6 Å². The van der Waals surface area contributed by atoms with Gasteiger partial charge in [0.1, 0.15) is 35.4 Å². The number of amides is 2. The van der Waals surface area contributed by atoms with Crippen molar-refractivity contribution in [2.75, 3.05) is 126 Å². The molecule has 2 fully saturated rings. The first-order valence-electron chi connectivity index (χ1n) is 26.2. The SMILES string of the molecule is CC1=C(C(=O)N2CCN(c3ccc(F)cc3)CC2)C(c2cccc(Cl)c2Cl)n2nc(C)cc2N1.CC1=C(C(=O)N2CCN(c3ccc(F)cc3)CC2)C(c2cccc(Cl)c2Cl)n2nc(C)cc2N1CCN(C)C.CN(C)CCCl. The first-order chi connectivity index (χ1) is 37.8. The zero-order chi connectivity index (χ0) is 56.8. The first-order valence-corrected chi connectivity index (χ1v) is 28.2. The Bertz CT molecular complexity index is 3180. The van der Waals surface area contributed by atoms with Gasteiger partial charge >= 0.3 is 0 Å². The fourth-order valence-electron chi connectivity index (χ4n) is 10.2. The average Bonchev–Trinajstić information content (AvgIpc) is 4.23. The van der Waals surface area contributed by atoms with E-state index in [1.807, 2.05) is 116 Å². The number of hydrogen-bond donors (Lipinski definition) is 1. The van der Waals surface area contributed by atoms with Crippen LogP contribution in [-0.4, -0.2) is 157 Å². The number of benzene rings is 4. The maximum absolute atomic E-state index is 14.4. The highest BCUT2D eigenvalue weighted by atomic mass is 35.5. The number of aromatic nitrogens is 4. The smallest absolute Gasteiger partial charge is 0.254 e. The van der Waals surface area contributed by atoms with Crippen LogP contribution >= 0.6 is 58.0 Å². The molecule has 21 heteroatoms. The van der Waals surface area contributed by atoms with E-state index in [9.17, 15) is 18.4 Å². The molecule has 0 radical (unpaired) electrons. The van der Waals surface area contributed by atoms with Crippen LogP contribution in [0.4, 0.5) is 31.8 Å². The number of fused-ring (bicyclic) bond motifs is 2. The molecule has 4 aliphatic rings. The lowest BCUT2D eigenvalue weighted by atomic mass is 9.93. The maximum Gasteiger partial charge on any atom is 0.254 e. The number of nitrogens with one attached hydrogen (secondary N) is 1. The Morgan fingerprint density at radius 1 is 0.595 bits per heavy atom. The summed E-state index contributed by atoms with van der Waals surface area (Å²) in [5.74, 6) is 1.82. The summed E-state index contributed by atoms with van der Waals surface area (Å²) in [6.45, 7) is 15.1. The van der Waals surface area contributed by atoms with Crippen molar-refractivity contribution in [1.82, 2.24) is 39.2 Å². The van der Waals surface area contributed by atoms with Gasteiger partial charge in [-0.25, -0.2) is 18.1 Å². The van der Waals surface area contributed by atoms with Gasteiger partial charge in [-0.2, -0.15) is 10.2 Å². The molecular weight excluding hydrogens is 1110 g/mol. The Labute approximate surface area is 487 Å². The molecule has 0 bridgehead atoms. The lowest BCUT2D eigenvalue weighted by molar-refractivity contribution is -0.128. The molecule has 14 nitrogen and oxygen atoms in total. The van der Waals surface area contributed by atoms with Crippen molar-refractivity contribution in [3.8, 4) is 0 Å². The van der Waals surface area contributed by atoms with E-state index >= 15 is 0 Å². The van der Waals surface area contributed by atoms with Crippen LogP contribution in [0.5, 0.6) is 0 Å². The van der Waals surface area contributed by atoms with Gasteiger partial charge in [0, 0.05) is 124 Å². The highest BCUT2D eigenvalue weighted by Gasteiger charge is 2.41. The predicted molar refractivity (Wildman–Crippen MR) is 318 cm³/mol. The number of anilines is 4. The number of allylic oxidation sites excluding steroid dienone is 2. The molecule has 2 saturated heterocycles. The van der Waals surface area contributed by atoms with Crippen LogP contribution in [0.3, 0.4) is 0 Å². The fraction of sp³-hybridized carbons (Fsp3) is 0.379. The van der Waals surface area contributed by atoms with E-state index in [2.05, 4.69) is 30.0 Å². The molecule has 0 saturated carbocycles. The molecule has 2 aromatic heterocycles. The Morgan fingerprint density at radius 3 is 1.49 bits per heavy atom. The number of hydrogen-bond acceptors (Lipinski definition) is 10. The first kappa shape index (κ1) is 59.3. The van der Waals surface area contributed by atoms with E-state index < -0.39 is 12.1 Å². The Kier molecular flexibility index (Phi) is 19.6. The second-order valence-corrected chi connectivity index (χ2v) is 22.4. The lowest BCUT2D eigenvalue weighted by Gasteiger charge is -2.41. The molecule has 1 N–H and O–H groups in total. The monoisotopic (exact) mass is 1180 g/mol. The molecule has 2 amide bonds. The third kappa shape index (κ3) is 13.5. The minimum absolute atomic E-state index is 0.0408. The molecule has 79 heavy (non-hydrogen) atoms. The molecule has 10 rings (SSSR count). The van der Waals surface area contributed by atoms with Gasteiger partial charge in [-0.1, -0.05) is 70.7 Å². The number of alkyl halides is 1. The van der Waals surface area contributed by atoms with Gasteiger partial charge in [-0.05, 0) is 117 Å². The van der Waals surface area contributed by atoms with Gasteiger partial charge in [0.25, 0.3) is 11.8 Å². The largest absolute Gasteiger partial charge is 0.368 e. The van der Waals surface area contributed by atoms with E-state index in [0.29, 0.717) is 90.1 Å². The Balaban J connectivity index is 0.000000190. The van der Waals surface area contributed by atoms with E-state index in [4.69, 9.17) is 63.1 Å². The second-order valence-electron chi connectivity index (χ2n) is 20.4. The zero-order valence-electron chi connectivity index (χ0n) is 45.8. The molecule has 6 aromatic rings. The second kappa shape index (κ2) is 26.2. The standard InChI is InChI=1S/C29H33Cl2FN6O.C25H24Cl2FN5O.C4H10ClN/c1-19-18-25-37(17-12-34(3)4)20(2)26(28(38(25)33-19)23-6-5-7-24(30)27(23)31)29(39)36-15-13-35(14-16-36)22-10-8-21(32)9-11-22;1-15-14-21-29-16(2)22(24(33(21)30-15)19-4-3-5-20(26)23(19)27)25(34)32-12-10-31(11-13-32)18-8-6-17(28)7-9-18;1-6(2)4-3-5/h5-11,18,28H,12-17H2,1-4H3;3-9,14,24,29H,10-13H2,1-2H3;3-4H2,1-2H3. The van der Waals surface area contributed by atoms with Crippen LogP contribution < -0.4 is 20.0 Å². The minimum Gasteiger partial charge on any atom is -0.368 e. The van der Waals surface area contributed by atoms with Crippen LogP contribution in [0.2, 0.25) is 20.1 Å². The normalized spacial score (nSPS) is 17.3. The summed E-state index contributed by atoms with van der Waals surface area (Å²) >= 11 is 31.5.